The lowest BCUT2D eigenvalue weighted by atomic mass is 9.86. The van der Waals surface area contributed by atoms with E-state index in [0.717, 1.165) is 16.8 Å². The van der Waals surface area contributed by atoms with E-state index in [0.29, 0.717) is 11.4 Å². The van der Waals surface area contributed by atoms with E-state index in [1.165, 1.54) is 0 Å². The van der Waals surface area contributed by atoms with Crippen molar-refractivity contribution in [1.29, 1.82) is 0 Å². The minimum Gasteiger partial charge on any atom is -0.350 e. The summed E-state index contributed by atoms with van der Waals surface area (Å²) in [6.07, 6.45) is 2.83. The van der Waals surface area contributed by atoms with Crippen LogP contribution >= 0.6 is 11.6 Å². The number of hydrogen-bond donors (Lipinski definition) is 2. The van der Waals surface area contributed by atoms with Crippen LogP contribution < -0.4 is 16.2 Å². The summed E-state index contributed by atoms with van der Waals surface area (Å²) in [5.74, 6) is 5.17. The summed E-state index contributed by atoms with van der Waals surface area (Å²) in [5, 5.41) is 0.692. The van der Waals surface area contributed by atoms with Crippen molar-refractivity contribution >= 4 is 28.8 Å². The Balaban J connectivity index is 2.62. The molecule has 3 N–H and O–H groups in total. The molecule has 1 amide bonds. The topological polar surface area (TPSA) is 58.4 Å². The molecule has 0 radical (unpaired) electrons. The third-order valence-corrected chi connectivity index (χ3v) is 4.21. The summed E-state index contributed by atoms with van der Waals surface area (Å²) >= 11 is 6.12. The van der Waals surface area contributed by atoms with Crippen molar-refractivity contribution in [3.05, 3.63) is 34.9 Å². The van der Waals surface area contributed by atoms with Crippen molar-refractivity contribution in [2.24, 2.45) is 5.84 Å². The summed E-state index contributed by atoms with van der Waals surface area (Å²) in [6, 6.07) is 5.45. The second-order valence-corrected chi connectivity index (χ2v) is 6.38. The van der Waals surface area contributed by atoms with E-state index in [1.54, 1.807) is 0 Å². The van der Waals surface area contributed by atoms with E-state index in [2.05, 4.69) is 37.2 Å². The molecule has 1 aliphatic heterocycles. The van der Waals surface area contributed by atoms with Crippen molar-refractivity contribution in [1.82, 2.24) is 5.43 Å². The predicted octanol–water partition coefficient (Wildman–Crippen LogP) is 3.11. The van der Waals surface area contributed by atoms with Crippen LogP contribution in [-0.2, 0) is 4.79 Å². The number of amides is 1. The third-order valence-electron chi connectivity index (χ3n) is 3.98. The molecule has 114 valence electrons. The molecule has 1 unspecified atom stereocenters. The Morgan fingerprint density at radius 2 is 2.14 bits per heavy atom. The monoisotopic (exact) mass is 307 g/mol. The first-order valence-electron chi connectivity index (χ1n) is 7.11. The van der Waals surface area contributed by atoms with Crippen molar-refractivity contribution in [2.45, 2.75) is 45.7 Å². The van der Waals surface area contributed by atoms with Gasteiger partial charge in [-0.05, 0) is 51.0 Å². The highest BCUT2D eigenvalue weighted by molar-refractivity contribution is 6.30. The maximum Gasteiger partial charge on any atom is 0.256 e. The van der Waals surface area contributed by atoms with Gasteiger partial charge in [-0.1, -0.05) is 24.6 Å². The summed E-state index contributed by atoms with van der Waals surface area (Å²) in [5.41, 5.74) is 5.24. The number of benzene rings is 1. The fraction of sp³-hybridized carbons (Fsp3) is 0.438. The fourth-order valence-electron chi connectivity index (χ4n) is 3.17. The van der Waals surface area contributed by atoms with Crippen molar-refractivity contribution < 1.29 is 4.79 Å². The number of halogens is 1. The predicted molar refractivity (Wildman–Crippen MR) is 88.1 cm³/mol. The average Bonchev–Trinajstić information content (AvgIpc) is 2.42. The van der Waals surface area contributed by atoms with Gasteiger partial charge in [-0.2, -0.15) is 0 Å². The number of rotatable bonds is 3. The molecule has 0 aromatic heterocycles. The second-order valence-electron chi connectivity index (χ2n) is 5.95. The zero-order chi connectivity index (χ0) is 15.8. The van der Waals surface area contributed by atoms with Gasteiger partial charge in [0.1, 0.15) is 6.04 Å². The molecular formula is C16H22ClN3O. The van der Waals surface area contributed by atoms with Gasteiger partial charge in [-0.3, -0.25) is 10.2 Å². The first kappa shape index (κ1) is 15.9. The highest BCUT2D eigenvalue weighted by Gasteiger charge is 2.38. The molecule has 1 aromatic rings. The lowest BCUT2D eigenvalue weighted by molar-refractivity contribution is -0.122. The molecular weight excluding hydrogens is 286 g/mol. The Labute approximate surface area is 130 Å². The van der Waals surface area contributed by atoms with Gasteiger partial charge < -0.3 is 4.90 Å². The Bertz CT molecular complexity index is 595. The summed E-state index contributed by atoms with van der Waals surface area (Å²) < 4.78 is 0. The van der Waals surface area contributed by atoms with Crippen LogP contribution in [0.4, 0.5) is 5.69 Å². The van der Waals surface area contributed by atoms with Crippen LogP contribution in [0.25, 0.3) is 5.57 Å². The molecule has 1 aliphatic rings. The van der Waals surface area contributed by atoms with E-state index in [9.17, 15) is 4.79 Å². The minimum atomic E-state index is -0.325. The van der Waals surface area contributed by atoms with Crippen molar-refractivity contribution in [3.8, 4) is 0 Å². The summed E-state index contributed by atoms with van der Waals surface area (Å²) in [7, 11) is 0. The lowest BCUT2D eigenvalue weighted by Crippen LogP contribution is -2.57. The van der Waals surface area contributed by atoms with E-state index in [4.69, 9.17) is 17.4 Å². The number of fused-ring (bicyclic) bond motifs is 1. The van der Waals surface area contributed by atoms with Gasteiger partial charge in [0, 0.05) is 16.3 Å². The summed E-state index contributed by atoms with van der Waals surface area (Å²) in [6.45, 7) is 8.25. The number of carbonyl (C=O) groups is 1. The zero-order valence-electron chi connectivity index (χ0n) is 12.9. The van der Waals surface area contributed by atoms with Crippen LogP contribution in [0.15, 0.2) is 24.3 Å². The molecule has 0 saturated heterocycles. The average molecular weight is 308 g/mol. The van der Waals surface area contributed by atoms with E-state index >= 15 is 0 Å². The molecule has 5 heteroatoms. The molecule has 4 nitrogen and oxygen atoms in total. The molecule has 1 aromatic carbocycles. The second kappa shape index (κ2) is 5.70. The van der Waals surface area contributed by atoms with Crippen LogP contribution in [0.2, 0.25) is 5.02 Å². The van der Waals surface area contributed by atoms with Gasteiger partial charge in [-0.15, -0.1) is 0 Å². The molecule has 1 atom stereocenters. The molecule has 0 spiro atoms. The zero-order valence-corrected chi connectivity index (χ0v) is 13.7. The van der Waals surface area contributed by atoms with E-state index in [1.807, 2.05) is 25.1 Å². The van der Waals surface area contributed by atoms with Gasteiger partial charge >= 0.3 is 0 Å². The van der Waals surface area contributed by atoms with Gasteiger partial charge in [-0.25, -0.2) is 5.84 Å². The van der Waals surface area contributed by atoms with Crippen LogP contribution in [0.3, 0.4) is 0 Å². The highest BCUT2D eigenvalue weighted by atomic mass is 35.5. The number of hydrogen-bond acceptors (Lipinski definition) is 3. The molecule has 1 heterocycles. The number of carbonyl (C=O) groups excluding carboxylic acids is 1. The Morgan fingerprint density at radius 3 is 2.71 bits per heavy atom. The van der Waals surface area contributed by atoms with Crippen LogP contribution in [0.5, 0.6) is 0 Å². The smallest absolute Gasteiger partial charge is 0.256 e. The van der Waals surface area contributed by atoms with E-state index < -0.39 is 0 Å². The third kappa shape index (κ3) is 2.78. The van der Waals surface area contributed by atoms with Crippen LogP contribution in [0, 0.1) is 0 Å². The number of nitrogens with zero attached hydrogens (tertiary/aromatic N) is 1. The number of nitrogens with two attached hydrogens (primary N) is 1. The van der Waals surface area contributed by atoms with E-state index in [-0.39, 0.29) is 17.5 Å². The Hall–Kier alpha value is -1.52. The fourth-order valence-corrected chi connectivity index (χ4v) is 3.34. The van der Waals surface area contributed by atoms with Crippen LogP contribution in [-0.4, -0.2) is 17.5 Å². The van der Waals surface area contributed by atoms with Crippen LogP contribution in [0.1, 0.15) is 39.7 Å². The van der Waals surface area contributed by atoms with Gasteiger partial charge in [0.25, 0.3) is 5.91 Å². The molecule has 0 saturated carbocycles. The van der Waals surface area contributed by atoms with Gasteiger partial charge in [0.2, 0.25) is 0 Å². The highest BCUT2D eigenvalue weighted by Crippen LogP contribution is 2.41. The molecule has 0 bridgehead atoms. The lowest BCUT2D eigenvalue weighted by Gasteiger charge is -2.46. The Morgan fingerprint density at radius 1 is 1.48 bits per heavy atom. The first-order chi connectivity index (χ1) is 9.81. The Kier molecular flexibility index (Phi) is 4.30. The number of hydrazine groups is 1. The quantitative estimate of drug-likeness (QED) is 0.512. The normalized spacial score (nSPS) is 17.8. The molecule has 0 aliphatic carbocycles. The molecule has 0 fully saturated rings. The minimum absolute atomic E-state index is 0.181. The number of anilines is 1. The number of nitrogens with one attached hydrogen (secondary N) is 1. The largest absolute Gasteiger partial charge is 0.350 e. The first-order valence-corrected chi connectivity index (χ1v) is 7.48. The summed E-state index contributed by atoms with van der Waals surface area (Å²) in [4.78, 5) is 14.3. The number of allylic oxidation sites excluding steroid dienone is 1. The SMILES string of the molecule is CCC(C(=O)NN)N1c2ccc(Cl)cc2C(C)=CC1(C)C. The molecule has 2 rings (SSSR count). The maximum atomic E-state index is 12.2. The van der Waals surface area contributed by atoms with Gasteiger partial charge in [0.05, 0.1) is 5.54 Å². The molecule has 21 heavy (non-hydrogen) atoms. The maximum absolute atomic E-state index is 12.2. The van der Waals surface area contributed by atoms with Crippen molar-refractivity contribution in [2.75, 3.05) is 4.90 Å². The van der Waals surface area contributed by atoms with Gasteiger partial charge in [0.15, 0.2) is 0 Å². The van der Waals surface area contributed by atoms with Crippen molar-refractivity contribution in [3.63, 3.8) is 0 Å². The standard InChI is InChI=1S/C16H22ClN3O/c1-5-13(15(21)19-18)20-14-7-6-11(17)8-12(14)10(2)9-16(20,3)4/h6-9,13H,5,18H2,1-4H3,(H,19,21).